The topological polar surface area (TPSA) is 96.5 Å². The molecule has 9 nitrogen and oxygen atoms in total. The van der Waals surface area contributed by atoms with Gasteiger partial charge in [-0.1, -0.05) is 6.92 Å². The first-order chi connectivity index (χ1) is 19.5. The molecule has 234 valence electrons. The fraction of sp³-hybridized carbons (Fsp3) is 0.758. The molecule has 2 aliphatic carbocycles. The maximum Gasteiger partial charge on any atom is 0.410 e. The number of nitrogens with zero attached hydrogens (tertiary/aromatic N) is 3. The minimum atomic E-state index is -0.993. The van der Waals surface area contributed by atoms with Gasteiger partial charge in [-0.25, -0.2) is 4.79 Å². The lowest BCUT2D eigenvalue weighted by atomic mass is 9.87. The molecule has 0 N–H and O–H groups in total. The van der Waals surface area contributed by atoms with Crippen molar-refractivity contribution in [1.82, 2.24) is 14.7 Å². The number of hydrogen-bond donors (Lipinski definition) is 0. The number of carbonyl (C=O) groups excluding carboxylic acids is 4. The Balaban J connectivity index is 1.55. The fourth-order valence-electron chi connectivity index (χ4n) is 6.86. The van der Waals surface area contributed by atoms with Crippen molar-refractivity contribution in [1.29, 1.82) is 0 Å². The van der Waals surface area contributed by atoms with E-state index in [4.69, 9.17) is 9.47 Å². The number of ether oxygens (including phenoxy) is 2. The van der Waals surface area contributed by atoms with E-state index in [0.717, 1.165) is 24.8 Å². The van der Waals surface area contributed by atoms with Gasteiger partial charge in [0, 0.05) is 55.5 Å². The number of Topliss-reactive ketones (excluding diaryl/α,β-unsaturated/α-hetero) is 1. The maximum atomic E-state index is 14.3. The molecular weight excluding hydrogens is 534 g/mol. The number of hydrogen-bond acceptors (Lipinski definition) is 6. The molecule has 2 saturated heterocycles. The average molecular weight is 586 g/mol. The summed E-state index contributed by atoms with van der Waals surface area (Å²) in [6.45, 7) is 18.7. The first-order valence-electron chi connectivity index (χ1n) is 15.7. The van der Waals surface area contributed by atoms with Gasteiger partial charge in [-0.15, -0.1) is 0 Å². The lowest BCUT2D eigenvalue weighted by Gasteiger charge is -2.47. The van der Waals surface area contributed by atoms with Crippen molar-refractivity contribution in [2.45, 2.75) is 136 Å². The van der Waals surface area contributed by atoms with Crippen LogP contribution in [0.4, 0.5) is 4.79 Å². The van der Waals surface area contributed by atoms with Crippen molar-refractivity contribution in [3.63, 3.8) is 0 Å². The first kappa shape index (κ1) is 32.2. The van der Waals surface area contributed by atoms with Gasteiger partial charge in [0.1, 0.15) is 23.1 Å². The van der Waals surface area contributed by atoms with Gasteiger partial charge in [-0.05, 0) is 98.8 Å². The van der Waals surface area contributed by atoms with Crippen LogP contribution in [0.25, 0.3) is 0 Å². The summed E-state index contributed by atoms with van der Waals surface area (Å²) in [5, 5.41) is 0. The summed E-state index contributed by atoms with van der Waals surface area (Å²) in [5.41, 5.74) is -0.244. The van der Waals surface area contributed by atoms with Crippen LogP contribution >= 0.6 is 0 Å². The predicted molar refractivity (Wildman–Crippen MR) is 161 cm³/mol. The highest BCUT2D eigenvalue weighted by atomic mass is 16.6. The molecule has 0 bridgehead atoms. The van der Waals surface area contributed by atoms with E-state index < -0.39 is 17.2 Å². The molecule has 42 heavy (non-hydrogen) atoms. The minimum Gasteiger partial charge on any atom is -0.444 e. The van der Waals surface area contributed by atoms with Crippen LogP contribution in [0.5, 0.6) is 0 Å². The van der Waals surface area contributed by atoms with E-state index in [2.05, 4.69) is 0 Å². The molecular formula is C33H51N3O6. The van der Waals surface area contributed by atoms with Gasteiger partial charge in [0.2, 0.25) is 0 Å². The van der Waals surface area contributed by atoms with Crippen LogP contribution in [-0.2, 0) is 23.9 Å². The van der Waals surface area contributed by atoms with Gasteiger partial charge < -0.3 is 24.2 Å². The van der Waals surface area contributed by atoms with Crippen LogP contribution in [0, 0.1) is 5.41 Å². The molecule has 1 spiro atoms. The largest absolute Gasteiger partial charge is 0.444 e. The van der Waals surface area contributed by atoms with E-state index in [-0.39, 0.29) is 47.3 Å². The third-order valence-electron chi connectivity index (χ3n) is 9.09. The van der Waals surface area contributed by atoms with Gasteiger partial charge in [0.15, 0.2) is 0 Å². The summed E-state index contributed by atoms with van der Waals surface area (Å²) < 4.78 is 11.9. The van der Waals surface area contributed by atoms with E-state index in [1.807, 2.05) is 65.5 Å². The number of amides is 3. The van der Waals surface area contributed by atoms with E-state index in [9.17, 15) is 19.2 Å². The van der Waals surface area contributed by atoms with Crippen LogP contribution < -0.4 is 0 Å². The molecule has 4 unspecified atom stereocenters. The molecule has 9 heteroatoms. The van der Waals surface area contributed by atoms with Crippen molar-refractivity contribution in [3.05, 3.63) is 23.3 Å². The van der Waals surface area contributed by atoms with Gasteiger partial charge >= 0.3 is 6.09 Å². The summed E-state index contributed by atoms with van der Waals surface area (Å²) in [5.74, 6) is -0.00180. The van der Waals surface area contributed by atoms with Gasteiger partial charge in [-0.3, -0.25) is 14.4 Å². The monoisotopic (exact) mass is 585 g/mol. The number of ketones is 1. The van der Waals surface area contributed by atoms with E-state index in [0.29, 0.717) is 44.5 Å². The van der Waals surface area contributed by atoms with Crippen LogP contribution in [0.3, 0.4) is 0 Å². The zero-order chi connectivity index (χ0) is 31.2. The third kappa shape index (κ3) is 6.61. The zero-order valence-electron chi connectivity index (χ0n) is 27.1. The molecule has 0 aromatic carbocycles. The van der Waals surface area contributed by atoms with Gasteiger partial charge in [-0.2, -0.15) is 0 Å². The lowest BCUT2D eigenvalue weighted by Crippen LogP contribution is -2.62. The quantitative estimate of drug-likeness (QED) is 0.396. The zero-order valence-corrected chi connectivity index (χ0v) is 27.1. The molecule has 4 aliphatic rings. The Morgan fingerprint density at radius 1 is 1.19 bits per heavy atom. The SMILES string of the molecule is CCC(=O)CCCN1C(=O)C(C)(C)OC2C=C(C)C(C(=O)N(C(C)C)C3CC34CCCN(C(=O)OC(C)(C)C)C4)=CC21. The summed E-state index contributed by atoms with van der Waals surface area (Å²) in [6.07, 6.45) is 7.42. The van der Waals surface area contributed by atoms with E-state index in [1.54, 1.807) is 23.6 Å². The molecule has 3 amide bonds. The number of rotatable bonds is 8. The highest BCUT2D eigenvalue weighted by Gasteiger charge is 2.61. The fourth-order valence-corrected chi connectivity index (χ4v) is 6.86. The summed E-state index contributed by atoms with van der Waals surface area (Å²) in [7, 11) is 0. The molecule has 2 aliphatic heterocycles. The Labute approximate surface area is 251 Å². The second-order valence-electron chi connectivity index (χ2n) is 14.4. The second-order valence-corrected chi connectivity index (χ2v) is 14.4. The lowest BCUT2D eigenvalue weighted by molar-refractivity contribution is -0.180. The minimum absolute atomic E-state index is 0.0287. The van der Waals surface area contributed by atoms with Gasteiger partial charge in [0.25, 0.3) is 11.8 Å². The molecule has 1 saturated carbocycles. The molecule has 0 aromatic heterocycles. The van der Waals surface area contributed by atoms with Crippen molar-refractivity contribution < 1.29 is 28.7 Å². The van der Waals surface area contributed by atoms with Crippen molar-refractivity contribution in [3.8, 4) is 0 Å². The normalized spacial score (nSPS) is 28.7. The number of piperidine rings is 1. The van der Waals surface area contributed by atoms with E-state index >= 15 is 0 Å². The summed E-state index contributed by atoms with van der Waals surface area (Å²) in [4.78, 5) is 58.2. The van der Waals surface area contributed by atoms with E-state index in [1.165, 1.54) is 0 Å². The highest BCUT2D eigenvalue weighted by Crippen LogP contribution is 2.56. The average Bonchev–Trinajstić information content (AvgIpc) is 3.55. The van der Waals surface area contributed by atoms with Crippen molar-refractivity contribution in [2.24, 2.45) is 5.41 Å². The predicted octanol–water partition coefficient (Wildman–Crippen LogP) is 5.03. The third-order valence-corrected chi connectivity index (χ3v) is 9.09. The summed E-state index contributed by atoms with van der Waals surface area (Å²) in [6, 6.07) is -0.421. The number of morpholine rings is 1. The van der Waals surface area contributed by atoms with Crippen LogP contribution in [0.15, 0.2) is 23.3 Å². The standard InChI is InChI=1S/C33H51N3O6/c1-10-23(37)13-11-16-35-25-18-24(22(4)17-26(25)41-32(8,9)29(35)39)28(38)36(21(2)3)27-19-33(27)14-12-15-34(20-33)30(40)42-31(5,6)7/h17-18,21,25-27H,10-16,19-20H2,1-9H3. The number of carbonyl (C=O) groups is 4. The highest BCUT2D eigenvalue weighted by molar-refractivity contribution is 5.99. The van der Waals surface area contributed by atoms with Crippen molar-refractivity contribution >= 4 is 23.7 Å². The molecule has 2 heterocycles. The molecule has 0 radical (unpaired) electrons. The Bertz CT molecular complexity index is 1160. The molecule has 3 fully saturated rings. The van der Waals surface area contributed by atoms with Crippen molar-refractivity contribution in [2.75, 3.05) is 19.6 Å². The van der Waals surface area contributed by atoms with Gasteiger partial charge in [0.05, 0.1) is 6.04 Å². The van der Waals surface area contributed by atoms with Crippen LogP contribution in [0.1, 0.15) is 101 Å². The Hall–Kier alpha value is -2.68. The number of fused-ring (bicyclic) bond motifs is 1. The Kier molecular flexibility index (Phi) is 9.04. The number of likely N-dealkylation sites (tertiary alicyclic amines) is 1. The molecule has 4 atom stereocenters. The Morgan fingerprint density at radius 2 is 1.88 bits per heavy atom. The smallest absolute Gasteiger partial charge is 0.410 e. The summed E-state index contributed by atoms with van der Waals surface area (Å²) >= 11 is 0. The van der Waals surface area contributed by atoms with Crippen LogP contribution in [0.2, 0.25) is 0 Å². The molecule has 0 aromatic rings. The van der Waals surface area contributed by atoms with Crippen LogP contribution in [-0.4, -0.2) is 93.5 Å². The first-order valence-corrected chi connectivity index (χ1v) is 15.7. The molecule has 4 rings (SSSR count). The maximum absolute atomic E-state index is 14.3. The second kappa shape index (κ2) is 11.8. The Morgan fingerprint density at radius 3 is 2.50 bits per heavy atom.